The number of nitrogens with two attached hydrogens (primary N) is 2. The molecule has 0 bridgehead atoms. The van der Waals surface area contributed by atoms with Crippen molar-refractivity contribution in [1.29, 1.82) is 0 Å². The predicted octanol–water partition coefficient (Wildman–Crippen LogP) is 11.7. The van der Waals surface area contributed by atoms with Gasteiger partial charge in [-0.3, -0.25) is 19.2 Å². The summed E-state index contributed by atoms with van der Waals surface area (Å²) in [7, 11) is 0. The Bertz CT molecular complexity index is 2750. The first-order valence-electron chi connectivity index (χ1n) is 20.2. The second-order valence-corrected chi connectivity index (χ2v) is 16.4. The summed E-state index contributed by atoms with van der Waals surface area (Å²) >= 11 is 10.4. The molecule has 0 saturated carbocycles. The van der Waals surface area contributed by atoms with Crippen LogP contribution < -0.4 is 11.5 Å². The van der Waals surface area contributed by atoms with Crippen molar-refractivity contribution >= 4 is 56.6 Å². The maximum atomic E-state index is 14.5. The highest BCUT2D eigenvalue weighted by atomic mass is 35.5. The van der Waals surface area contributed by atoms with Crippen LogP contribution in [-0.4, -0.2) is 54.8 Å². The molecule has 8 N–H and O–H groups in total. The second-order valence-electron chi connectivity index (χ2n) is 15.7. The van der Waals surface area contributed by atoms with Gasteiger partial charge < -0.3 is 31.9 Å². The molecule has 0 heterocycles. The topological polar surface area (TPSA) is 201 Å². The van der Waals surface area contributed by atoms with Crippen LogP contribution >= 0.6 is 23.2 Å². The Balaban J connectivity index is 0.000000252. The number of phenolic OH excluding ortho intramolecular Hbond substituents is 4. The van der Waals surface area contributed by atoms with Crippen molar-refractivity contribution in [2.24, 2.45) is 0 Å². The number of ketones is 2. The first-order valence-corrected chi connectivity index (χ1v) is 20.9. The van der Waals surface area contributed by atoms with Crippen LogP contribution in [0.25, 0.3) is 0 Å². The van der Waals surface area contributed by atoms with Crippen LogP contribution in [0.15, 0.2) is 121 Å². The Kier molecular flexibility index (Phi) is 16.8. The molecule has 0 saturated heterocycles. The summed E-state index contributed by atoms with van der Waals surface area (Å²) in [5.74, 6) is -1.52. The molecular weight excluding hydrogens is 941 g/mol. The van der Waals surface area contributed by atoms with Crippen molar-refractivity contribution in [3.8, 4) is 23.0 Å². The van der Waals surface area contributed by atoms with Crippen molar-refractivity contribution in [2.45, 2.75) is 63.7 Å². The molecule has 0 amide bonds. The highest BCUT2D eigenvalue weighted by molar-refractivity contribution is 6.68. The fourth-order valence-electron chi connectivity index (χ4n) is 6.84. The molecule has 0 spiro atoms. The van der Waals surface area contributed by atoms with Gasteiger partial charge >= 0.3 is 12.4 Å². The van der Waals surface area contributed by atoms with Crippen molar-refractivity contribution in [1.82, 2.24) is 0 Å². The highest BCUT2D eigenvalue weighted by Crippen LogP contribution is 2.49. The van der Waals surface area contributed by atoms with Crippen LogP contribution in [0.2, 0.25) is 0 Å². The van der Waals surface area contributed by atoms with E-state index in [1.807, 2.05) is 0 Å². The lowest BCUT2D eigenvalue weighted by Gasteiger charge is -2.34. The maximum absolute atomic E-state index is 14.5. The van der Waals surface area contributed by atoms with E-state index in [2.05, 4.69) is 0 Å². The summed E-state index contributed by atoms with van der Waals surface area (Å²) in [5.41, 5.74) is 7.25. The van der Waals surface area contributed by atoms with E-state index < -0.39 is 39.5 Å². The molecule has 0 fully saturated rings. The third-order valence-electron chi connectivity index (χ3n) is 11.3. The standard InChI is InChI=1S/C27H25F3O4.C15H15F3N2O2.C8H4Cl2O2/c1-4-17-13-21(9-11-23(17)32)26(3,27(28,29)30)22-10-12-24(33)20(14-22)15-25(34)19-7-5-18(6-8-19)16(2)31;1-14(15(16,17)18,8-2-4-12(21)10(19)6-8)9-3-5-13(22)11(20)7-9;9-7(11)5-1-2-6(4-3-5)8(10)12/h5-14,32-33H,4,15H2,1-3H3;2-7,21-22H,19-20H2,1H3;1-4H. The summed E-state index contributed by atoms with van der Waals surface area (Å²) in [4.78, 5) is 45.3. The van der Waals surface area contributed by atoms with Gasteiger partial charge in [-0.05, 0) is 139 Å². The van der Waals surface area contributed by atoms with Crippen LogP contribution in [-0.2, 0) is 23.7 Å². The molecule has 0 radical (unpaired) electrons. The molecule has 6 aromatic rings. The quantitative estimate of drug-likeness (QED) is 0.0238. The number of phenols is 4. The minimum atomic E-state index is -4.70. The van der Waals surface area contributed by atoms with Gasteiger partial charge in [0.25, 0.3) is 10.5 Å². The SMILES string of the molecule is CC(c1ccc(O)c(N)c1)(c1ccc(O)c(N)c1)C(F)(F)F.CCc1cc(C(C)(c2ccc(O)c(CC(=O)c3ccc(C(C)=O)cc3)c2)C(F)(F)F)ccc1O.O=C(Cl)c1ccc(C(=O)Cl)cc1. The molecule has 0 aliphatic carbocycles. The second kappa shape index (κ2) is 21.3. The Labute approximate surface area is 396 Å². The van der Waals surface area contributed by atoms with E-state index in [-0.39, 0.29) is 80.0 Å². The number of Topliss-reactive ketones (excluding diaryl/α,β-unsaturated/α-hetero) is 2. The Morgan fingerprint density at radius 2 is 0.794 bits per heavy atom. The van der Waals surface area contributed by atoms with Crippen molar-refractivity contribution in [3.63, 3.8) is 0 Å². The number of anilines is 2. The van der Waals surface area contributed by atoms with E-state index in [0.717, 1.165) is 56.3 Å². The number of rotatable bonds is 11. The van der Waals surface area contributed by atoms with Crippen molar-refractivity contribution in [3.05, 3.63) is 177 Å². The Morgan fingerprint density at radius 1 is 0.485 bits per heavy atom. The normalized spacial score (nSPS) is 12.4. The number of aryl methyl sites for hydroxylation is 1. The van der Waals surface area contributed by atoms with Gasteiger partial charge in [0.15, 0.2) is 11.6 Å². The monoisotopic (exact) mass is 984 g/mol. The first kappa shape index (κ1) is 53.6. The molecule has 6 rings (SSSR count). The number of carbonyl (C=O) groups is 4. The fraction of sp³-hybridized carbons (Fsp3) is 0.200. The molecular formula is C50H44Cl2F6N2O8. The minimum absolute atomic E-state index is 0.0579. The lowest BCUT2D eigenvalue weighted by atomic mass is 9.74. The van der Waals surface area contributed by atoms with E-state index in [1.54, 1.807) is 6.92 Å². The van der Waals surface area contributed by atoms with Crippen LogP contribution in [0.3, 0.4) is 0 Å². The number of nitrogen functional groups attached to an aromatic ring is 2. The molecule has 0 aliphatic heterocycles. The highest BCUT2D eigenvalue weighted by Gasteiger charge is 2.55. The Morgan fingerprint density at radius 3 is 1.12 bits per heavy atom. The number of benzene rings is 6. The van der Waals surface area contributed by atoms with E-state index in [9.17, 15) is 65.9 Å². The summed E-state index contributed by atoms with van der Waals surface area (Å²) in [6, 6.07) is 25.8. The van der Waals surface area contributed by atoms with Gasteiger partial charge in [0.2, 0.25) is 0 Å². The minimum Gasteiger partial charge on any atom is -0.508 e. The number of aromatic hydroxyl groups is 4. The number of halogens is 8. The zero-order valence-electron chi connectivity index (χ0n) is 36.6. The summed E-state index contributed by atoms with van der Waals surface area (Å²) in [6.45, 7) is 5.16. The number of hydrogen-bond donors (Lipinski definition) is 6. The fourth-order valence-corrected chi connectivity index (χ4v) is 7.09. The Hall–Kier alpha value is -7.04. The molecule has 0 aliphatic rings. The van der Waals surface area contributed by atoms with Gasteiger partial charge in [0.1, 0.15) is 33.8 Å². The van der Waals surface area contributed by atoms with E-state index in [0.29, 0.717) is 28.7 Å². The van der Waals surface area contributed by atoms with Gasteiger partial charge in [-0.1, -0.05) is 67.6 Å². The molecule has 1 unspecified atom stereocenters. The van der Waals surface area contributed by atoms with Crippen LogP contribution in [0.5, 0.6) is 23.0 Å². The molecule has 68 heavy (non-hydrogen) atoms. The van der Waals surface area contributed by atoms with E-state index >= 15 is 0 Å². The van der Waals surface area contributed by atoms with Crippen LogP contribution in [0, 0.1) is 0 Å². The average molecular weight is 986 g/mol. The summed E-state index contributed by atoms with van der Waals surface area (Å²) in [6.07, 6.45) is -9.30. The zero-order chi connectivity index (χ0) is 51.1. The van der Waals surface area contributed by atoms with Gasteiger partial charge in [-0.25, -0.2) is 0 Å². The number of carbonyl (C=O) groups excluding carboxylic acids is 4. The molecule has 6 aromatic carbocycles. The van der Waals surface area contributed by atoms with E-state index in [4.69, 9.17) is 34.7 Å². The van der Waals surface area contributed by atoms with Gasteiger partial charge in [-0.15, -0.1) is 0 Å². The molecule has 0 aromatic heterocycles. The summed E-state index contributed by atoms with van der Waals surface area (Å²) in [5, 5.41) is 37.9. The first-order chi connectivity index (χ1) is 31.6. The molecule has 1 atom stereocenters. The van der Waals surface area contributed by atoms with Gasteiger partial charge in [0, 0.05) is 34.2 Å². The number of alkyl halides is 6. The van der Waals surface area contributed by atoms with Crippen molar-refractivity contribution < 1.29 is 65.9 Å². The third kappa shape index (κ3) is 11.9. The lowest BCUT2D eigenvalue weighted by molar-refractivity contribution is -0.173. The van der Waals surface area contributed by atoms with Crippen LogP contribution in [0.4, 0.5) is 37.7 Å². The lowest BCUT2D eigenvalue weighted by Crippen LogP contribution is -2.40. The third-order valence-corrected chi connectivity index (χ3v) is 11.8. The smallest absolute Gasteiger partial charge is 0.402 e. The largest absolute Gasteiger partial charge is 0.508 e. The van der Waals surface area contributed by atoms with Gasteiger partial charge in [-0.2, -0.15) is 26.3 Å². The zero-order valence-corrected chi connectivity index (χ0v) is 38.1. The molecule has 358 valence electrons. The molecule has 10 nitrogen and oxygen atoms in total. The number of hydrogen-bond acceptors (Lipinski definition) is 10. The molecule has 18 heteroatoms. The van der Waals surface area contributed by atoms with Crippen LogP contribution in [0.1, 0.15) is 103 Å². The van der Waals surface area contributed by atoms with Crippen molar-refractivity contribution in [2.75, 3.05) is 11.5 Å². The predicted molar refractivity (Wildman–Crippen MR) is 247 cm³/mol. The maximum Gasteiger partial charge on any atom is 0.402 e. The van der Waals surface area contributed by atoms with Gasteiger partial charge in [0.05, 0.1) is 11.4 Å². The summed E-state index contributed by atoms with van der Waals surface area (Å²) < 4.78 is 84.6. The average Bonchev–Trinajstić information content (AvgIpc) is 3.28. The van der Waals surface area contributed by atoms with E-state index in [1.165, 1.54) is 85.8 Å².